The van der Waals surface area contributed by atoms with E-state index in [-0.39, 0.29) is 11.9 Å². The molecule has 0 spiro atoms. The number of aromatic nitrogens is 2. The minimum Gasteiger partial charge on any atom is -0.305 e. The van der Waals surface area contributed by atoms with Gasteiger partial charge >= 0.3 is 0 Å². The molecule has 114 valence electrons. The number of fused-ring (bicyclic) bond motifs is 1. The van der Waals surface area contributed by atoms with Crippen LogP contribution < -0.4 is 4.90 Å². The number of hydrogen-bond donors (Lipinski definition) is 0. The molecule has 5 nitrogen and oxygen atoms in total. The summed E-state index contributed by atoms with van der Waals surface area (Å²) in [6.07, 6.45) is 6.60. The lowest BCUT2D eigenvalue weighted by atomic mass is 10.1. The number of carbonyl (C=O) groups is 1. The Morgan fingerprint density at radius 2 is 2.09 bits per heavy atom. The Morgan fingerprint density at radius 1 is 1.27 bits per heavy atom. The topological polar surface area (TPSA) is 49.3 Å². The van der Waals surface area contributed by atoms with Crippen molar-refractivity contribution in [2.75, 3.05) is 11.4 Å². The van der Waals surface area contributed by atoms with Crippen LogP contribution in [0, 0.1) is 6.92 Å². The number of hydrogen-bond acceptors (Lipinski definition) is 5. The normalized spacial score (nSPS) is 25.0. The first-order chi connectivity index (χ1) is 10.7. The standard InChI is InChI=1S/C16H18N4OS/c1-11-2-3-13(22-11)9-19-5-4-14-15(19)6-16(21)20(14)12-7-17-10-18-8-12/h2-3,7-8,10,14-15H,4-6,9H2,1H3. The fraction of sp³-hybridized carbons (Fsp3) is 0.438. The molecule has 2 aromatic rings. The summed E-state index contributed by atoms with van der Waals surface area (Å²) in [4.78, 5) is 27.6. The highest BCUT2D eigenvalue weighted by Crippen LogP contribution is 2.36. The van der Waals surface area contributed by atoms with Crippen LogP contribution >= 0.6 is 11.3 Å². The molecule has 2 aromatic heterocycles. The quantitative estimate of drug-likeness (QED) is 0.872. The van der Waals surface area contributed by atoms with Gasteiger partial charge in [-0.1, -0.05) is 0 Å². The van der Waals surface area contributed by atoms with E-state index in [1.807, 2.05) is 16.2 Å². The van der Waals surface area contributed by atoms with Gasteiger partial charge in [-0.3, -0.25) is 9.69 Å². The molecule has 2 atom stereocenters. The average Bonchev–Trinajstić information content (AvgIpc) is 3.17. The molecule has 0 radical (unpaired) electrons. The summed E-state index contributed by atoms with van der Waals surface area (Å²) in [5.74, 6) is 0.192. The van der Waals surface area contributed by atoms with Crippen LogP contribution in [0.2, 0.25) is 0 Å². The van der Waals surface area contributed by atoms with E-state index in [2.05, 4.69) is 33.9 Å². The summed E-state index contributed by atoms with van der Waals surface area (Å²) < 4.78 is 0. The summed E-state index contributed by atoms with van der Waals surface area (Å²) in [5.41, 5.74) is 0.828. The van der Waals surface area contributed by atoms with E-state index in [1.165, 1.54) is 16.1 Å². The van der Waals surface area contributed by atoms with Gasteiger partial charge in [-0.2, -0.15) is 0 Å². The van der Waals surface area contributed by atoms with Gasteiger partial charge in [0.05, 0.1) is 24.1 Å². The second kappa shape index (κ2) is 5.44. The first-order valence-electron chi connectivity index (χ1n) is 7.59. The van der Waals surface area contributed by atoms with Crippen molar-refractivity contribution in [2.45, 2.75) is 38.4 Å². The van der Waals surface area contributed by atoms with Gasteiger partial charge in [0.1, 0.15) is 6.33 Å². The zero-order valence-corrected chi connectivity index (χ0v) is 13.3. The molecule has 0 saturated carbocycles. The second-order valence-corrected chi connectivity index (χ2v) is 7.34. The van der Waals surface area contributed by atoms with Gasteiger partial charge in [0, 0.05) is 35.3 Å². The molecule has 2 fully saturated rings. The molecule has 0 bridgehead atoms. The molecule has 4 heterocycles. The van der Waals surface area contributed by atoms with Crippen LogP contribution in [0.4, 0.5) is 5.69 Å². The summed E-state index contributed by atoms with van der Waals surface area (Å²) in [6, 6.07) is 4.95. The van der Waals surface area contributed by atoms with E-state index in [1.54, 1.807) is 12.4 Å². The third kappa shape index (κ3) is 2.32. The Hall–Kier alpha value is -1.79. The minimum atomic E-state index is 0.192. The van der Waals surface area contributed by atoms with Gasteiger partial charge in [-0.05, 0) is 25.5 Å². The maximum Gasteiger partial charge on any atom is 0.229 e. The molecular weight excluding hydrogens is 296 g/mol. The number of carbonyl (C=O) groups excluding carboxylic acids is 1. The summed E-state index contributed by atoms with van der Waals surface area (Å²) in [5, 5.41) is 0. The third-order valence-electron chi connectivity index (χ3n) is 4.59. The molecule has 4 rings (SSSR count). The maximum absolute atomic E-state index is 12.4. The predicted octanol–water partition coefficient (Wildman–Crippen LogP) is 2.23. The number of nitrogens with zero attached hydrogens (tertiary/aromatic N) is 4. The number of aryl methyl sites for hydroxylation is 1. The van der Waals surface area contributed by atoms with Gasteiger partial charge in [0.2, 0.25) is 5.91 Å². The number of rotatable bonds is 3. The number of likely N-dealkylation sites (tertiary alicyclic amines) is 1. The van der Waals surface area contributed by atoms with E-state index in [4.69, 9.17) is 0 Å². The molecule has 0 aromatic carbocycles. The highest BCUT2D eigenvalue weighted by Gasteiger charge is 2.47. The van der Waals surface area contributed by atoms with E-state index < -0.39 is 0 Å². The summed E-state index contributed by atoms with van der Waals surface area (Å²) >= 11 is 1.85. The zero-order chi connectivity index (χ0) is 15.1. The molecule has 2 unspecified atom stereocenters. The zero-order valence-electron chi connectivity index (χ0n) is 12.5. The lowest BCUT2D eigenvalue weighted by Crippen LogP contribution is -2.37. The lowest BCUT2D eigenvalue weighted by Gasteiger charge is -2.24. The highest BCUT2D eigenvalue weighted by molar-refractivity contribution is 7.11. The first kappa shape index (κ1) is 13.8. The fourth-order valence-corrected chi connectivity index (χ4v) is 4.56. The van der Waals surface area contributed by atoms with Crippen LogP contribution in [0.3, 0.4) is 0 Å². The largest absolute Gasteiger partial charge is 0.305 e. The van der Waals surface area contributed by atoms with E-state index >= 15 is 0 Å². The molecular formula is C16H18N4OS. The Balaban J connectivity index is 1.54. The Morgan fingerprint density at radius 3 is 2.82 bits per heavy atom. The number of thiophene rings is 1. The maximum atomic E-state index is 12.4. The van der Waals surface area contributed by atoms with Crippen LogP contribution in [-0.2, 0) is 11.3 Å². The van der Waals surface area contributed by atoms with Crippen molar-refractivity contribution in [3.8, 4) is 0 Å². The summed E-state index contributed by atoms with van der Waals surface area (Å²) in [7, 11) is 0. The predicted molar refractivity (Wildman–Crippen MR) is 85.8 cm³/mol. The number of anilines is 1. The Kier molecular flexibility index (Phi) is 3.43. The molecule has 22 heavy (non-hydrogen) atoms. The van der Waals surface area contributed by atoms with Gasteiger partial charge in [0.15, 0.2) is 0 Å². The summed E-state index contributed by atoms with van der Waals surface area (Å²) in [6.45, 7) is 4.13. The molecule has 0 N–H and O–H groups in total. The Labute approximate surface area is 133 Å². The van der Waals surface area contributed by atoms with E-state index in [9.17, 15) is 4.79 Å². The van der Waals surface area contributed by atoms with Gasteiger partial charge in [0.25, 0.3) is 0 Å². The van der Waals surface area contributed by atoms with Crippen molar-refractivity contribution < 1.29 is 4.79 Å². The van der Waals surface area contributed by atoms with Crippen molar-refractivity contribution in [2.24, 2.45) is 0 Å². The number of amides is 1. The molecule has 2 saturated heterocycles. The molecule has 6 heteroatoms. The molecule has 2 aliphatic rings. The fourth-order valence-electron chi connectivity index (χ4n) is 3.65. The first-order valence-corrected chi connectivity index (χ1v) is 8.40. The molecule has 2 aliphatic heterocycles. The smallest absolute Gasteiger partial charge is 0.229 e. The third-order valence-corrected chi connectivity index (χ3v) is 5.57. The van der Waals surface area contributed by atoms with Crippen LogP contribution in [0.5, 0.6) is 0 Å². The van der Waals surface area contributed by atoms with Crippen molar-refractivity contribution in [3.05, 3.63) is 40.6 Å². The minimum absolute atomic E-state index is 0.192. The lowest BCUT2D eigenvalue weighted by molar-refractivity contribution is -0.117. The van der Waals surface area contributed by atoms with E-state index in [0.717, 1.165) is 25.2 Å². The van der Waals surface area contributed by atoms with Gasteiger partial charge < -0.3 is 4.90 Å². The van der Waals surface area contributed by atoms with Crippen LogP contribution in [0.15, 0.2) is 30.9 Å². The van der Waals surface area contributed by atoms with Crippen molar-refractivity contribution in [3.63, 3.8) is 0 Å². The molecule has 0 aliphatic carbocycles. The Bertz CT molecular complexity index is 686. The average molecular weight is 314 g/mol. The monoisotopic (exact) mass is 314 g/mol. The molecule has 1 amide bonds. The van der Waals surface area contributed by atoms with Gasteiger partial charge in [-0.25, -0.2) is 9.97 Å². The van der Waals surface area contributed by atoms with Crippen LogP contribution in [0.25, 0.3) is 0 Å². The SMILES string of the molecule is Cc1ccc(CN2CCC3C2CC(=O)N3c2cncnc2)s1. The van der Waals surface area contributed by atoms with Crippen molar-refractivity contribution in [1.82, 2.24) is 14.9 Å². The highest BCUT2D eigenvalue weighted by atomic mass is 32.1. The van der Waals surface area contributed by atoms with Crippen LogP contribution in [-0.4, -0.2) is 39.4 Å². The van der Waals surface area contributed by atoms with Crippen LogP contribution in [0.1, 0.15) is 22.6 Å². The van der Waals surface area contributed by atoms with Gasteiger partial charge in [-0.15, -0.1) is 11.3 Å². The van der Waals surface area contributed by atoms with Crippen molar-refractivity contribution >= 4 is 22.9 Å². The van der Waals surface area contributed by atoms with E-state index in [0.29, 0.717) is 12.5 Å². The van der Waals surface area contributed by atoms with Crippen molar-refractivity contribution in [1.29, 1.82) is 0 Å². The second-order valence-electron chi connectivity index (χ2n) is 5.97.